The minimum Gasteiger partial charge on any atom is -0.492 e. The van der Waals surface area contributed by atoms with E-state index in [1.54, 1.807) is 10.8 Å². The molecular weight excluding hydrogens is 164 g/mol. The summed E-state index contributed by atoms with van der Waals surface area (Å²) in [5.74, 6) is 0.833. The zero-order valence-electron chi connectivity index (χ0n) is 7.31. The fraction of sp³-hybridized carbons (Fsp3) is 0.100. The number of hydrogen-bond donors (Lipinski definition) is 1. The molecule has 0 atom stereocenters. The molecule has 2 aromatic rings. The molecule has 0 spiro atoms. The van der Waals surface area contributed by atoms with Crippen LogP contribution < -0.4 is 0 Å². The standard InChI is InChI=1S/C10H10N2O/c1-12-7-9(13)11-10(12)8-5-3-2-4-6-8/h2-7,13H,1H3. The van der Waals surface area contributed by atoms with Gasteiger partial charge in [-0.25, -0.2) is 0 Å². The third-order valence-corrected chi connectivity index (χ3v) is 1.90. The molecule has 66 valence electrons. The molecule has 1 N–H and O–H groups in total. The van der Waals surface area contributed by atoms with Crippen LogP contribution in [0.1, 0.15) is 0 Å². The first-order valence-corrected chi connectivity index (χ1v) is 4.05. The molecule has 3 heteroatoms. The first kappa shape index (κ1) is 7.86. The van der Waals surface area contributed by atoms with Gasteiger partial charge in [0.25, 0.3) is 0 Å². The van der Waals surface area contributed by atoms with E-state index in [0.29, 0.717) is 0 Å². The molecule has 0 bridgehead atoms. The lowest BCUT2D eigenvalue weighted by Crippen LogP contribution is -1.89. The molecule has 1 aromatic heterocycles. The van der Waals surface area contributed by atoms with Gasteiger partial charge in [-0.3, -0.25) is 0 Å². The van der Waals surface area contributed by atoms with Gasteiger partial charge < -0.3 is 9.67 Å². The highest BCUT2D eigenvalue weighted by Gasteiger charge is 2.04. The van der Waals surface area contributed by atoms with Crippen molar-refractivity contribution >= 4 is 0 Å². The number of rotatable bonds is 1. The van der Waals surface area contributed by atoms with Crippen molar-refractivity contribution in [1.82, 2.24) is 9.55 Å². The second-order valence-corrected chi connectivity index (χ2v) is 2.90. The Bertz CT molecular complexity index is 406. The van der Waals surface area contributed by atoms with Crippen molar-refractivity contribution in [1.29, 1.82) is 0 Å². The van der Waals surface area contributed by atoms with Crippen molar-refractivity contribution in [3.05, 3.63) is 36.5 Å². The molecule has 1 aromatic carbocycles. The van der Waals surface area contributed by atoms with Crippen molar-refractivity contribution in [2.24, 2.45) is 7.05 Å². The van der Waals surface area contributed by atoms with Crippen LogP contribution in [0.4, 0.5) is 0 Å². The molecule has 2 rings (SSSR count). The van der Waals surface area contributed by atoms with Crippen LogP contribution in [0.5, 0.6) is 5.88 Å². The van der Waals surface area contributed by atoms with E-state index in [9.17, 15) is 0 Å². The number of nitrogens with zero attached hydrogens (tertiary/aromatic N) is 2. The summed E-state index contributed by atoms with van der Waals surface area (Å²) in [6, 6.07) is 9.76. The van der Waals surface area contributed by atoms with Gasteiger partial charge in [0, 0.05) is 12.6 Å². The van der Waals surface area contributed by atoms with Gasteiger partial charge in [0.15, 0.2) is 0 Å². The third kappa shape index (κ3) is 1.40. The zero-order chi connectivity index (χ0) is 9.26. The highest BCUT2D eigenvalue weighted by molar-refractivity contribution is 5.56. The van der Waals surface area contributed by atoms with Gasteiger partial charge >= 0.3 is 0 Å². The summed E-state index contributed by atoms with van der Waals surface area (Å²) in [4.78, 5) is 4.00. The first-order chi connectivity index (χ1) is 6.27. The quantitative estimate of drug-likeness (QED) is 0.715. The van der Waals surface area contributed by atoms with E-state index < -0.39 is 0 Å². The number of benzene rings is 1. The molecule has 13 heavy (non-hydrogen) atoms. The lowest BCUT2D eigenvalue weighted by atomic mass is 10.2. The normalized spacial score (nSPS) is 10.2. The summed E-state index contributed by atoms with van der Waals surface area (Å²) in [5.41, 5.74) is 1.00. The topological polar surface area (TPSA) is 38.0 Å². The maximum Gasteiger partial charge on any atom is 0.229 e. The van der Waals surface area contributed by atoms with Gasteiger partial charge in [-0.1, -0.05) is 30.3 Å². The highest BCUT2D eigenvalue weighted by Crippen LogP contribution is 2.19. The average molecular weight is 174 g/mol. The Morgan fingerprint density at radius 1 is 1.23 bits per heavy atom. The summed E-state index contributed by atoms with van der Waals surface area (Å²) in [5, 5.41) is 9.16. The van der Waals surface area contributed by atoms with Crippen LogP contribution in [-0.2, 0) is 7.05 Å². The molecule has 0 unspecified atom stereocenters. The smallest absolute Gasteiger partial charge is 0.229 e. The van der Waals surface area contributed by atoms with Gasteiger partial charge in [0.05, 0.1) is 6.20 Å². The van der Waals surface area contributed by atoms with Gasteiger partial charge in [0.2, 0.25) is 5.88 Å². The predicted molar refractivity (Wildman–Crippen MR) is 50.3 cm³/mol. The number of aromatic nitrogens is 2. The summed E-state index contributed by atoms with van der Waals surface area (Å²) >= 11 is 0. The Labute approximate surface area is 76.3 Å². The Hall–Kier alpha value is -1.77. The van der Waals surface area contributed by atoms with Crippen LogP contribution in [0.2, 0.25) is 0 Å². The Kier molecular flexibility index (Phi) is 1.77. The van der Waals surface area contributed by atoms with Gasteiger partial charge in [-0.05, 0) is 0 Å². The third-order valence-electron chi connectivity index (χ3n) is 1.90. The molecule has 0 radical (unpaired) electrons. The number of imidazole rings is 1. The first-order valence-electron chi connectivity index (χ1n) is 4.05. The molecule has 0 aliphatic rings. The summed E-state index contributed by atoms with van der Waals surface area (Å²) < 4.78 is 1.80. The van der Waals surface area contributed by atoms with E-state index in [-0.39, 0.29) is 5.88 Å². The summed E-state index contributed by atoms with van der Waals surface area (Å²) in [6.45, 7) is 0. The lowest BCUT2D eigenvalue weighted by Gasteiger charge is -1.99. The van der Waals surface area contributed by atoms with Crippen molar-refractivity contribution in [3.8, 4) is 17.3 Å². The lowest BCUT2D eigenvalue weighted by molar-refractivity contribution is 0.456. The van der Waals surface area contributed by atoms with Gasteiger partial charge in [0.1, 0.15) is 5.82 Å². The second-order valence-electron chi connectivity index (χ2n) is 2.90. The average Bonchev–Trinajstić information content (AvgIpc) is 2.47. The summed E-state index contributed by atoms with van der Waals surface area (Å²) in [6.07, 6.45) is 1.59. The van der Waals surface area contributed by atoms with Crippen molar-refractivity contribution < 1.29 is 5.11 Å². The molecule has 1 heterocycles. The van der Waals surface area contributed by atoms with E-state index in [1.165, 1.54) is 0 Å². The van der Waals surface area contributed by atoms with Crippen molar-refractivity contribution in [2.75, 3.05) is 0 Å². The second kappa shape index (κ2) is 2.94. The molecule has 0 amide bonds. The molecule has 0 saturated heterocycles. The molecular formula is C10H10N2O. The number of hydrogen-bond acceptors (Lipinski definition) is 2. The fourth-order valence-corrected chi connectivity index (χ4v) is 1.31. The van der Waals surface area contributed by atoms with Crippen LogP contribution in [0.15, 0.2) is 36.5 Å². The van der Waals surface area contributed by atoms with Crippen LogP contribution in [0, 0.1) is 0 Å². The molecule has 0 aliphatic heterocycles. The van der Waals surface area contributed by atoms with E-state index in [1.807, 2.05) is 37.4 Å². The fourth-order valence-electron chi connectivity index (χ4n) is 1.31. The largest absolute Gasteiger partial charge is 0.492 e. The van der Waals surface area contributed by atoms with E-state index in [0.717, 1.165) is 11.4 Å². The minimum absolute atomic E-state index is 0.0568. The van der Waals surface area contributed by atoms with E-state index >= 15 is 0 Å². The molecule has 0 fully saturated rings. The minimum atomic E-state index is 0.0568. The maximum absolute atomic E-state index is 9.16. The predicted octanol–water partition coefficient (Wildman–Crippen LogP) is 1.79. The Morgan fingerprint density at radius 2 is 1.92 bits per heavy atom. The molecule has 0 saturated carbocycles. The van der Waals surface area contributed by atoms with Crippen molar-refractivity contribution in [3.63, 3.8) is 0 Å². The van der Waals surface area contributed by atoms with Crippen LogP contribution in [0.3, 0.4) is 0 Å². The maximum atomic E-state index is 9.16. The highest BCUT2D eigenvalue weighted by atomic mass is 16.3. The van der Waals surface area contributed by atoms with Crippen LogP contribution in [0.25, 0.3) is 11.4 Å². The SMILES string of the molecule is Cn1cc(O)nc1-c1ccccc1. The van der Waals surface area contributed by atoms with Crippen LogP contribution >= 0.6 is 0 Å². The molecule has 3 nitrogen and oxygen atoms in total. The van der Waals surface area contributed by atoms with Crippen LogP contribution in [-0.4, -0.2) is 14.7 Å². The monoisotopic (exact) mass is 174 g/mol. The molecule has 0 aliphatic carbocycles. The Balaban J connectivity index is 2.53. The van der Waals surface area contributed by atoms with Crippen molar-refractivity contribution in [2.45, 2.75) is 0 Å². The van der Waals surface area contributed by atoms with Gasteiger partial charge in [-0.2, -0.15) is 4.98 Å². The summed E-state index contributed by atoms with van der Waals surface area (Å²) in [7, 11) is 1.86. The zero-order valence-corrected chi connectivity index (χ0v) is 7.31. The van der Waals surface area contributed by atoms with Gasteiger partial charge in [-0.15, -0.1) is 0 Å². The Morgan fingerprint density at radius 3 is 2.46 bits per heavy atom. The number of aromatic hydroxyl groups is 1. The van der Waals surface area contributed by atoms with E-state index in [2.05, 4.69) is 4.98 Å². The van der Waals surface area contributed by atoms with E-state index in [4.69, 9.17) is 5.11 Å². The number of aryl methyl sites for hydroxylation is 1.